The first-order valence-electron chi connectivity index (χ1n) is 6.72. The van der Waals surface area contributed by atoms with E-state index < -0.39 is 0 Å². The van der Waals surface area contributed by atoms with Crippen LogP contribution < -0.4 is 5.73 Å². The van der Waals surface area contributed by atoms with Gasteiger partial charge in [0.1, 0.15) is 0 Å². The molecular formula is C12H23N5O. The third kappa shape index (κ3) is 3.26. The second kappa shape index (κ2) is 6.24. The van der Waals surface area contributed by atoms with Gasteiger partial charge in [-0.05, 0) is 24.0 Å². The lowest BCUT2D eigenvalue weighted by atomic mass is 9.82. The molecule has 0 aliphatic heterocycles. The maximum Gasteiger partial charge on any atom is 0.176 e. The van der Waals surface area contributed by atoms with Gasteiger partial charge in [0.05, 0.1) is 13.2 Å². The average Bonchev–Trinajstić information content (AvgIpc) is 2.77. The highest BCUT2D eigenvalue weighted by Crippen LogP contribution is 2.29. The number of aryl methyl sites for hydroxylation is 1. The second-order valence-corrected chi connectivity index (χ2v) is 5.16. The lowest BCUT2D eigenvalue weighted by Gasteiger charge is -2.32. The molecule has 2 unspecified atom stereocenters. The van der Waals surface area contributed by atoms with Crippen LogP contribution in [0.2, 0.25) is 0 Å². The van der Waals surface area contributed by atoms with Crippen molar-refractivity contribution in [1.29, 1.82) is 0 Å². The number of tetrazole rings is 1. The largest absolute Gasteiger partial charge is 0.380 e. The predicted molar refractivity (Wildman–Crippen MR) is 67.8 cm³/mol. The minimum Gasteiger partial charge on any atom is -0.380 e. The van der Waals surface area contributed by atoms with Crippen molar-refractivity contribution in [3.63, 3.8) is 0 Å². The molecule has 102 valence electrons. The maximum atomic E-state index is 6.26. The fourth-order valence-corrected chi connectivity index (χ4v) is 2.91. The monoisotopic (exact) mass is 253 g/mol. The number of hydrogen-bond acceptors (Lipinski definition) is 5. The van der Waals surface area contributed by atoms with Gasteiger partial charge < -0.3 is 10.5 Å². The van der Waals surface area contributed by atoms with Gasteiger partial charge in [-0.1, -0.05) is 19.3 Å². The molecule has 2 rings (SSSR count). The van der Waals surface area contributed by atoms with E-state index in [2.05, 4.69) is 15.4 Å². The number of hydrogen-bond donors (Lipinski definition) is 1. The zero-order chi connectivity index (χ0) is 13.0. The van der Waals surface area contributed by atoms with Crippen LogP contribution in [0.15, 0.2) is 0 Å². The van der Waals surface area contributed by atoms with Gasteiger partial charge in [0.25, 0.3) is 0 Å². The molecule has 6 heteroatoms. The predicted octanol–water partition coefficient (Wildman–Crippen LogP) is 0.675. The zero-order valence-corrected chi connectivity index (χ0v) is 11.2. The van der Waals surface area contributed by atoms with Gasteiger partial charge in [0.2, 0.25) is 0 Å². The molecule has 2 atom stereocenters. The highest BCUT2D eigenvalue weighted by atomic mass is 16.5. The van der Waals surface area contributed by atoms with Crippen LogP contribution in [0.3, 0.4) is 0 Å². The van der Waals surface area contributed by atoms with Crippen molar-refractivity contribution in [1.82, 2.24) is 20.2 Å². The van der Waals surface area contributed by atoms with E-state index >= 15 is 0 Å². The van der Waals surface area contributed by atoms with Crippen molar-refractivity contribution < 1.29 is 4.74 Å². The van der Waals surface area contributed by atoms with Crippen molar-refractivity contribution in [2.75, 3.05) is 7.11 Å². The van der Waals surface area contributed by atoms with E-state index in [0.29, 0.717) is 18.2 Å². The molecule has 0 radical (unpaired) electrons. The Balaban J connectivity index is 1.93. The molecule has 2 N–H and O–H groups in total. The maximum absolute atomic E-state index is 6.26. The van der Waals surface area contributed by atoms with Gasteiger partial charge in [0, 0.05) is 19.6 Å². The van der Waals surface area contributed by atoms with E-state index in [9.17, 15) is 0 Å². The highest BCUT2D eigenvalue weighted by molar-refractivity contribution is 4.90. The quantitative estimate of drug-likeness (QED) is 0.834. The molecule has 0 spiro atoms. The zero-order valence-electron chi connectivity index (χ0n) is 11.2. The summed E-state index contributed by atoms with van der Waals surface area (Å²) in [6.07, 6.45) is 7.10. The van der Waals surface area contributed by atoms with E-state index in [1.165, 1.54) is 36.9 Å². The summed E-state index contributed by atoms with van der Waals surface area (Å²) >= 11 is 0. The summed E-state index contributed by atoms with van der Waals surface area (Å²) < 4.78 is 5.62. The molecule has 1 aliphatic carbocycles. The van der Waals surface area contributed by atoms with Gasteiger partial charge in [-0.3, -0.25) is 0 Å². The van der Waals surface area contributed by atoms with Crippen LogP contribution in [-0.2, 0) is 18.2 Å². The molecule has 0 saturated heterocycles. The Hall–Kier alpha value is -1.01. The summed E-state index contributed by atoms with van der Waals surface area (Å²) in [7, 11) is 3.51. The van der Waals surface area contributed by atoms with Crippen molar-refractivity contribution in [2.45, 2.75) is 50.7 Å². The third-order valence-electron chi connectivity index (χ3n) is 3.78. The van der Waals surface area contributed by atoms with Gasteiger partial charge in [-0.25, -0.2) is 0 Å². The van der Waals surface area contributed by atoms with Gasteiger partial charge in [-0.2, -0.15) is 4.80 Å². The molecule has 0 aromatic carbocycles. The van der Waals surface area contributed by atoms with E-state index in [1.807, 2.05) is 0 Å². The Morgan fingerprint density at radius 3 is 2.67 bits per heavy atom. The summed E-state index contributed by atoms with van der Waals surface area (Å²) in [5, 5.41) is 12.0. The fraction of sp³-hybridized carbons (Fsp3) is 0.917. The molecule has 1 aliphatic rings. The standard InChI is InChI=1S/C12H23N5O/c1-17-15-11(14-16-17)8-10(13)12(18-2)9-6-4-3-5-7-9/h9-10,12H,3-8,13H2,1-2H3. The number of rotatable bonds is 5. The van der Waals surface area contributed by atoms with Gasteiger partial charge in [0.15, 0.2) is 5.82 Å². The molecule has 0 amide bonds. The van der Waals surface area contributed by atoms with Crippen molar-refractivity contribution >= 4 is 0 Å². The molecule has 6 nitrogen and oxygen atoms in total. The Kier molecular flexibility index (Phi) is 4.66. The molecule has 0 bridgehead atoms. The molecule has 1 fully saturated rings. The number of aromatic nitrogens is 4. The Morgan fingerprint density at radius 2 is 2.11 bits per heavy atom. The topological polar surface area (TPSA) is 78.9 Å². The van der Waals surface area contributed by atoms with E-state index in [1.54, 1.807) is 14.2 Å². The number of nitrogens with zero attached hydrogens (tertiary/aromatic N) is 4. The first-order valence-corrected chi connectivity index (χ1v) is 6.72. The summed E-state index contributed by atoms with van der Waals surface area (Å²) in [6.45, 7) is 0. The second-order valence-electron chi connectivity index (χ2n) is 5.16. The van der Waals surface area contributed by atoms with Crippen LogP contribution >= 0.6 is 0 Å². The first kappa shape index (κ1) is 13.4. The van der Waals surface area contributed by atoms with Crippen molar-refractivity contribution in [3.8, 4) is 0 Å². The molecule has 18 heavy (non-hydrogen) atoms. The number of methoxy groups -OCH3 is 1. The summed E-state index contributed by atoms with van der Waals surface area (Å²) in [4.78, 5) is 1.46. The van der Waals surface area contributed by atoms with E-state index in [-0.39, 0.29) is 12.1 Å². The van der Waals surface area contributed by atoms with Crippen molar-refractivity contribution in [3.05, 3.63) is 5.82 Å². The summed E-state index contributed by atoms with van der Waals surface area (Å²) in [6, 6.07) is -0.0534. The fourth-order valence-electron chi connectivity index (χ4n) is 2.91. The minimum absolute atomic E-state index is 0.0534. The van der Waals surface area contributed by atoms with E-state index in [4.69, 9.17) is 10.5 Å². The normalized spacial score (nSPS) is 20.8. The summed E-state index contributed by atoms with van der Waals surface area (Å²) in [5.41, 5.74) is 6.26. The third-order valence-corrected chi connectivity index (χ3v) is 3.78. The first-order chi connectivity index (χ1) is 8.70. The Labute approximate surface area is 108 Å². The smallest absolute Gasteiger partial charge is 0.176 e. The molecular weight excluding hydrogens is 230 g/mol. The van der Waals surface area contributed by atoms with Crippen molar-refractivity contribution in [2.24, 2.45) is 18.7 Å². The van der Waals surface area contributed by atoms with Gasteiger partial charge in [-0.15, -0.1) is 10.2 Å². The van der Waals surface area contributed by atoms with Crippen LogP contribution in [0.25, 0.3) is 0 Å². The van der Waals surface area contributed by atoms with E-state index in [0.717, 1.165) is 0 Å². The SMILES string of the molecule is COC(C(N)Cc1nnn(C)n1)C1CCCCC1. The van der Waals surface area contributed by atoms with Crippen LogP contribution in [0, 0.1) is 5.92 Å². The average molecular weight is 253 g/mol. The van der Waals surface area contributed by atoms with Crippen LogP contribution in [-0.4, -0.2) is 39.5 Å². The van der Waals surface area contributed by atoms with Crippen LogP contribution in [0.5, 0.6) is 0 Å². The lowest BCUT2D eigenvalue weighted by molar-refractivity contribution is 0.0174. The Morgan fingerprint density at radius 1 is 1.39 bits per heavy atom. The molecule has 1 heterocycles. The molecule has 1 aromatic rings. The summed E-state index contributed by atoms with van der Waals surface area (Å²) in [5.74, 6) is 1.28. The van der Waals surface area contributed by atoms with Crippen LogP contribution in [0.1, 0.15) is 37.9 Å². The van der Waals surface area contributed by atoms with Crippen LogP contribution in [0.4, 0.5) is 0 Å². The highest BCUT2D eigenvalue weighted by Gasteiger charge is 2.29. The lowest BCUT2D eigenvalue weighted by Crippen LogP contribution is -2.43. The Bertz CT molecular complexity index is 361. The molecule has 1 saturated carbocycles. The number of nitrogens with two attached hydrogens (primary N) is 1. The minimum atomic E-state index is -0.0534. The molecule has 1 aromatic heterocycles. The number of ether oxygens (including phenoxy) is 1. The van der Waals surface area contributed by atoms with Gasteiger partial charge >= 0.3 is 0 Å².